The Bertz CT molecular complexity index is 853. The molecule has 1 aromatic carbocycles. The standard InChI is InChI=1S/C18H16N2/c1-3-6-14-15-11-12(2)8-9-13(15)17-18(14)20-10-5-4-7-16(20)19-17/h4-11H,3H2,1-2H3/b14-6+. The molecule has 4 rings (SSSR count). The highest BCUT2D eigenvalue weighted by atomic mass is 15.0. The van der Waals surface area contributed by atoms with Gasteiger partial charge in [-0.1, -0.05) is 42.8 Å². The molecule has 0 aliphatic heterocycles. The lowest BCUT2D eigenvalue weighted by molar-refractivity contribution is 1.15. The molecule has 1 aliphatic carbocycles. The molecule has 2 nitrogen and oxygen atoms in total. The minimum atomic E-state index is 1.02. The number of imidazole rings is 1. The number of pyridine rings is 1. The van der Waals surface area contributed by atoms with Crippen LogP contribution in [-0.2, 0) is 0 Å². The summed E-state index contributed by atoms with van der Waals surface area (Å²) in [4.78, 5) is 4.82. The van der Waals surface area contributed by atoms with E-state index in [4.69, 9.17) is 4.98 Å². The maximum absolute atomic E-state index is 4.82. The molecule has 0 bridgehead atoms. The average molecular weight is 260 g/mol. The quantitative estimate of drug-likeness (QED) is 0.493. The topological polar surface area (TPSA) is 17.3 Å². The van der Waals surface area contributed by atoms with Gasteiger partial charge in [-0.15, -0.1) is 0 Å². The number of aromatic nitrogens is 2. The van der Waals surface area contributed by atoms with Gasteiger partial charge in [0.25, 0.3) is 0 Å². The first kappa shape index (κ1) is 11.5. The van der Waals surface area contributed by atoms with Crippen LogP contribution in [0.2, 0.25) is 0 Å². The van der Waals surface area contributed by atoms with Crippen molar-refractivity contribution in [2.45, 2.75) is 20.3 Å². The van der Waals surface area contributed by atoms with Crippen molar-refractivity contribution in [1.82, 2.24) is 9.38 Å². The smallest absolute Gasteiger partial charge is 0.137 e. The molecule has 1 aliphatic rings. The molecular formula is C18H16N2. The average Bonchev–Trinajstić information content (AvgIpc) is 2.95. The monoisotopic (exact) mass is 260 g/mol. The summed E-state index contributed by atoms with van der Waals surface area (Å²) in [5.74, 6) is 0. The van der Waals surface area contributed by atoms with Gasteiger partial charge in [-0.2, -0.15) is 0 Å². The summed E-state index contributed by atoms with van der Waals surface area (Å²) >= 11 is 0. The molecule has 2 aromatic heterocycles. The van der Waals surface area contributed by atoms with Gasteiger partial charge >= 0.3 is 0 Å². The molecule has 0 saturated carbocycles. The maximum Gasteiger partial charge on any atom is 0.137 e. The Hall–Kier alpha value is -2.35. The van der Waals surface area contributed by atoms with E-state index in [2.05, 4.69) is 60.9 Å². The van der Waals surface area contributed by atoms with E-state index in [0.717, 1.165) is 17.8 Å². The summed E-state index contributed by atoms with van der Waals surface area (Å²) in [7, 11) is 0. The van der Waals surface area contributed by atoms with Gasteiger partial charge in [0, 0.05) is 17.3 Å². The third-order valence-corrected chi connectivity index (χ3v) is 3.91. The van der Waals surface area contributed by atoms with Crippen LogP contribution in [0.1, 0.15) is 30.2 Å². The van der Waals surface area contributed by atoms with Crippen molar-refractivity contribution < 1.29 is 0 Å². The van der Waals surface area contributed by atoms with Gasteiger partial charge in [0.1, 0.15) is 5.65 Å². The van der Waals surface area contributed by atoms with Crippen LogP contribution in [-0.4, -0.2) is 9.38 Å². The van der Waals surface area contributed by atoms with E-state index in [1.807, 2.05) is 6.07 Å². The van der Waals surface area contributed by atoms with Crippen molar-refractivity contribution in [3.05, 3.63) is 65.5 Å². The Morgan fingerprint density at radius 3 is 2.90 bits per heavy atom. The van der Waals surface area contributed by atoms with Gasteiger partial charge in [-0.3, -0.25) is 4.40 Å². The maximum atomic E-state index is 4.82. The second-order valence-corrected chi connectivity index (χ2v) is 5.31. The molecule has 0 fully saturated rings. The summed E-state index contributed by atoms with van der Waals surface area (Å²) in [5, 5.41) is 0. The Morgan fingerprint density at radius 1 is 1.15 bits per heavy atom. The van der Waals surface area contributed by atoms with Gasteiger partial charge in [-0.25, -0.2) is 4.98 Å². The van der Waals surface area contributed by atoms with Crippen molar-refractivity contribution in [3.8, 4) is 11.3 Å². The van der Waals surface area contributed by atoms with Crippen LogP contribution in [0.4, 0.5) is 0 Å². The van der Waals surface area contributed by atoms with E-state index in [0.29, 0.717) is 0 Å². The lowest BCUT2D eigenvalue weighted by Crippen LogP contribution is -1.91. The third-order valence-electron chi connectivity index (χ3n) is 3.91. The number of benzene rings is 1. The molecule has 2 heteroatoms. The van der Waals surface area contributed by atoms with Gasteiger partial charge in [0.05, 0.1) is 11.4 Å². The zero-order valence-corrected chi connectivity index (χ0v) is 11.7. The molecule has 2 heterocycles. The fourth-order valence-electron chi connectivity index (χ4n) is 3.07. The summed E-state index contributed by atoms with van der Waals surface area (Å²) < 4.78 is 2.20. The predicted molar refractivity (Wildman–Crippen MR) is 82.7 cm³/mol. The van der Waals surface area contributed by atoms with Gasteiger partial charge in [-0.05, 0) is 31.0 Å². The molecule has 0 atom stereocenters. The molecule has 0 saturated heterocycles. The fraction of sp³-hybridized carbons (Fsp3) is 0.167. The van der Waals surface area contributed by atoms with E-state index in [1.165, 1.54) is 28.0 Å². The normalized spacial score (nSPS) is 14.8. The minimum Gasteiger partial charge on any atom is -0.299 e. The van der Waals surface area contributed by atoms with Crippen molar-refractivity contribution in [3.63, 3.8) is 0 Å². The zero-order chi connectivity index (χ0) is 13.7. The van der Waals surface area contributed by atoms with Gasteiger partial charge in [0.15, 0.2) is 0 Å². The van der Waals surface area contributed by atoms with Crippen molar-refractivity contribution in [1.29, 1.82) is 0 Å². The highest BCUT2D eigenvalue weighted by molar-refractivity contribution is 6.00. The lowest BCUT2D eigenvalue weighted by Gasteiger charge is -2.05. The van der Waals surface area contributed by atoms with E-state index >= 15 is 0 Å². The highest BCUT2D eigenvalue weighted by Crippen LogP contribution is 2.44. The number of fused-ring (bicyclic) bond motifs is 5. The minimum absolute atomic E-state index is 1.02. The number of nitrogens with zero attached hydrogens (tertiary/aromatic N) is 2. The van der Waals surface area contributed by atoms with Crippen LogP contribution in [0.5, 0.6) is 0 Å². The van der Waals surface area contributed by atoms with Crippen molar-refractivity contribution >= 4 is 11.2 Å². The summed E-state index contributed by atoms with van der Waals surface area (Å²) in [6, 6.07) is 12.8. The van der Waals surface area contributed by atoms with Crippen LogP contribution in [0.3, 0.4) is 0 Å². The number of hydrogen-bond donors (Lipinski definition) is 0. The first-order valence-electron chi connectivity index (χ1n) is 7.08. The van der Waals surface area contributed by atoms with Crippen molar-refractivity contribution in [2.75, 3.05) is 0 Å². The molecule has 0 amide bonds. The zero-order valence-electron chi connectivity index (χ0n) is 11.7. The number of hydrogen-bond acceptors (Lipinski definition) is 1. The second kappa shape index (κ2) is 4.07. The molecule has 20 heavy (non-hydrogen) atoms. The molecule has 3 aromatic rings. The molecule has 0 unspecified atom stereocenters. The molecule has 0 N–H and O–H groups in total. The largest absolute Gasteiger partial charge is 0.299 e. The van der Waals surface area contributed by atoms with Crippen LogP contribution in [0.15, 0.2) is 48.7 Å². The van der Waals surface area contributed by atoms with Crippen molar-refractivity contribution in [2.24, 2.45) is 0 Å². The van der Waals surface area contributed by atoms with E-state index in [9.17, 15) is 0 Å². The summed E-state index contributed by atoms with van der Waals surface area (Å²) in [6.07, 6.45) is 5.44. The first-order valence-corrected chi connectivity index (χ1v) is 7.08. The SMILES string of the molecule is CC/C=C1\c2cc(C)ccc2-c2nc3ccccn3c21. The van der Waals surface area contributed by atoms with Gasteiger partial charge in [0.2, 0.25) is 0 Å². The Morgan fingerprint density at radius 2 is 2.05 bits per heavy atom. The molecule has 0 spiro atoms. The van der Waals surface area contributed by atoms with E-state index in [-0.39, 0.29) is 0 Å². The Balaban J connectivity index is 2.13. The fourth-order valence-corrected chi connectivity index (χ4v) is 3.07. The number of aryl methyl sites for hydroxylation is 1. The van der Waals surface area contributed by atoms with Crippen LogP contribution < -0.4 is 0 Å². The first-order chi connectivity index (χ1) is 9.79. The third kappa shape index (κ3) is 1.42. The highest BCUT2D eigenvalue weighted by Gasteiger charge is 2.28. The Labute approximate surface area is 118 Å². The molecular weight excluding hydrogens is 244 g/mol. The number of allylic oxidation sites excluding steroid dienone is 1. The summed E-state index contributed by atoms with van der Waals surface area (Å²) in [6.45, 7) is 4.33. The van der Waals surface area contributed by atoms with Crippen LogP contribution in [0, 0.1) is 6.92 Å². The van der Waals surface area contributed by atoms with Gasteiger partial charge < -0.3 is 0 Å². The van der Waals surface area contributed by atoms with Crippen LogP contribution in [0.25, 0.3) is 22.5 Å². The van der Waals surface area contributed by atoms with E-state index in [1.54, 1.807) is 0 Å². The second-order valence-electron chi connectivity index (χ2n) is 5.31. The number of rotatable bonds is 1. The van der Waals surface area contributed by atoms with Crippen LogP contribution >= 0.6 is 0 Å². The lowest BCUT2D eigenvalue weighted by atomic mass is 10.0. The summed E-state index contributed by atoms with van der Waals surface area (Å²) in [5.41, 5.74) is 8.57. The predicted octanol–water partition coefficient (Wildman–Crippen LogP) is 4.46. The molecule has 0 radical (unpaired) electrons. The van der Waals surface area contributed by atoms with E-state index < -0.39 is 0 Å². The molecule has 98 valence electrons. The Kier molecular flexibility index (Phi) is 2.34.